The zero-order valence-corrected chi connectivity index (χ0v) is 28.4. The van der Waals surface area contributed by atoms with Crippen LogP contribution in [0.4, 0.5) is 5.82 Å². The number of nitrogens with two attached hydrogens (primary N) is 1. The van der Waals surface area contributed by atoms with Crippen LogP contribution in [-0.2, 0) is 41.1 Å². The summed E-state index contributed by atoms with van der Waals surface area (Å²) in [7, 11) is -14.0. The third kappa shape index (κ3) is 12.5. The lowest BCUT2D eigenvalue weighted by Crippen LogP contribution is -2.30. The van der Waals surface area contributed by atoms with Gasteiger partial charge in [0.25, 0.3) is 0 Å². The molecule has 6 unspecified atom stereocenters. The molecule has 18 nitrogen and oxygen atoms in total. The average Bonchev–Trinajstić information content (AvgIpc) is 3.34. The third-order valence-electron chi connectivity index (χ3n) is 5.58. The Morgan fingerprint density at radius 2 is 1.89 bits per heavy atom. The number of nitrogens with one attached hydrogen (secondary N) is 1. The van der Waals surface area contributed by atoms with E-state index in [-0.39, 0.29) is 30.3 Å². The second-order valence-corrected chi connectivity index (χ2v) is 16.3. The van der Waals surface area contributed by atoms with Crippen LogP contribution in [0, 0.1) is 11.8 Å². The number of phosphoric ester groups is 1. The highest BCUT2D eigenvalue weighted by Crippen LogP contribution is 2.66. The highest BCUT2D eigenvalue weighted by Gasteiger charge is 2.44. The van der Waals surface area contributed by atoms with Crippen LogP contribution in [0.5, 0.6) is 0 Å². The van der Waals surface area contributed by atoms with Gasteiger partial charge in [-0.05, 0) is 5.56 Å². The van der Waals surface area contributed by atoms with Gasteiger partial charge in [-0.1, -0.05) is 70.7 Å². The third-order valence-corrected chi connectivity index (χ3v) is 12.0. The van der Waals surface area contributed by atoms with Crippen molar-refractivity contribution >= 4 is 56.8 Å². The fourth-order valence-corrected chi connectivity index (χ4v) is 8.78. The van der Waals surface area contributed by atoms with Crippen LogP contribution in [0.3, 0.4) is 0 Å². The molecule has 3 rings (SSSR count). The molecular formula is C23H31N4O14P3S2. The van der Waals surface area contributed by atoms with Crippen LogP contribution in [0.25, 0.3) is 0 Å². The Kier molecular flexibility index (Phi) is 14.1. The zero-order valence-electron chi connectivity index (χ0n) is 24.1. The summed E-state index contributed by atoms with van der Waals surface area (Å²) >= 11 is 0. The van der Waals surface area contributed by atoms with Crippen molar-refractivity contribution in [1.29, 1.82) is 0 Å². The van der Waals surface area contributed by atoms with E-state index in [9.17, 15) is 33.1 Å². The highest BCUT2D eigenvalue weighted by atomic mass is 33.1. The number of phosphoric acid groups is 3. The van der Waals surface area contributed by atoms with Gasteiger partial charge in [-0.2, -0.15) is 13.6 Å². The monoisotopic (exact) mass is 744 g/mol. The molecule has 0 spiro atoms. The summed E-state index contributed by atoms with van der Waals surface area (Å²) < 4.78 is 61.0. The van der Waals surface area contributed by atoms with Gasteiger partial charge in [-0.25, -0.2) is 18.5 Å². The van der Waals surface area contributed by atoms with Crippen molar-refractivity contribution in [3.63, 3.8) is 0 Å². The highest BCUT2D eigenvalue weighted by molar-refractivity contribution is 8.76. The molecule has 1 aliphatic rings. The smallest absolute Gasteiger partial charge is 0.382 e. The van der Waals surface area contributed by atoms with Crippen molar-refractivity contribution in [2.75, 3.05) is 24.6 Å². The molecule has 2 aromatic rings. The van der Waals surface area contributed by atoms with Gasteiger partial charge in [-0.15, -0.1) is 0 Å². The molecule has 23 heteroatoms. The minimum absolute atomic E-state index is 0.000721. The molecule has 7 N–H and O–H groups in total. The van der Waals surface area contributed by atoms with E-state index < -0.39 is 59.6 Å². The van der Waals surface area contributed by atoms with Gasteiger partial charge in [-0.3, -0.25) is 13.9 Å². The van der Waals surface area contributed by atoms with Gasteiger partial charge < -0.3 is 40.1 Å². The van der Waals surface area contributed by atoms with Crippen molar-refractivity contribution in [2.45, 2.75) is 44.1 Å². The molecule has 254 valence electrons. The maximum atomic E-state index is 12.9. The van der Waals surface area contributed by atoms with E-state index in [1.54, 1.807) is 12.1 Å². The van der Waals surface area contributed by atoms with E-state index in [4.69, 9.17) is 29.5 Å². The molecular weight excluding hydrogens is 713 g/mol. The van der Waals surface area contributed by atoms with Crippen LogP contribution in [-0.4, -0.2) is 66.1 Å². The first-order valence-corrected chi connectivity index (χ1v) is 19.9. The van der Waals surface area contributed by atoms with Gasteiger partial charge in [0.05, 0.1) is 24.8 Å². The number of anilines is 1. The first kappa shape index (κ1) is 38.4. The Morgan fingerprint density at radius 1 is 1.20 bits per heavy atom. The first-order valence-electron chi connectivity index (χ1n) is 13.0. The van der Waals surface area contributed by atoms with Crippen molar-refractivity contribution < 1.29 is 60.7 Å². The molecule has 1 aromatic heterocycles. The summed E-state index contributed by atoms with van der Waals surface area (Å²) in [5.74, 6) is 5.64. The molecule has 1 aliphatic heterocycles. The minimum Gasteiger partial charge on any atom is -0.382 e. The summed E-state index contributed by atoms with van der Waals surface area (Å²) in [6.07, 6.45) is -2.00. The summed E-state index contributed by atoms with van der Waals surface area (Å²) in [6, 6.07) is 9.07. The Bertz CT molecular complexity index is 1630. The second kappa shape index (κ2) is 16.9. The van der Waals surface area contributed by atoms with E-state index in [0.717, 1.165) is 15.9 Å². The van der Waals surface area contributed by atoms with E-state index in [0.29, 0.717) is 0 Å². The fourth-order valence-electron chi connectivity index (χ4n) is 3.78. The van der Waals surface area contributed by atoms with Gasteiger partial charge in [0.1, 0.15) is 23.6 Å². The first-order chi connectivity index (χ1) is 21.5. The lowest BCUT2D eigenvalue weighted by atomic mass is 10.1. The van der Waals surface area contributed by atoms with E-state index >= 15 is 0 Å². The van der Waals surface area contributed by atoms with E-state index in [2.05, 4.69) is 30.8 Å². The number of aromatic nitrogens is 2. The fraction of sp³-hybridized carbons (Fsp3) is 0.435. The second-order valence-electron chi connectivity index (χ2n) is 9.11. The lowest BCUT2D eigenvalue weighted by molar-refractivity contribution is -0.118. The van der Waals surface area contributed by atoms with Crippen molar-refractivity contribution in [2.24, 2.45) is 0 Å². The summed E-state index contributed by atoms with van der Waals surface area (Å²) in [5.41, 5.74) is 5.36. The van der Waals surface area contributed by atoms with E-state index in [1.807, 2.05) is 25.1 Å². The zero-order chi connectivity index (χ0) is 34.1. The Hall–Kier alpha value is -2.04. The number of carbonyl (C=O) groups is 1. The predicted octanol–water partition coefficient (Wildman–Crippen LogP) is 2.43. The number of rotatable bonds is 15. The average molecular weight is 745 g/mol. The maximum Gasteiger partial charge on any atom is 0.490 e. The van der Waals surface area contributed by atoms with Crippen LogP contribution >= 0.6 is 45.1 Å². The molecule has 1 fully saturated rings. The molecule has 0 radical (unpaired) electrons. The number of ether oxygens (including phenoxy) is 2. The van der Waals surface area contributed by atoms with Crippen molar-refractivity contribution in [1.82, 2.24) is 14.9 Å². The molecule has 0 saturated carbocycles. The molecule has 1 amide bonds. The molecule has 0 bridgehead atoms. The van der Waals surface area contributed by atoms with Crippen LogP contribution in [0.2, 0.25) is 0 Å². The lowest BCUT2D eigenvalue weighted by Gasteiger charge is -2.25. The number of benzene rings is 1. The van der Waals surface area contributed by atoms with Gasteiger partial charge in [0.2, 0.25) is 5.91 Å². The standard InChI is InChI=1S/C23H31N4O14P3S2/c1-3-45-46-22(16-8-5-4-6-9-16)39-18-12-20(27-13-17(21(24)26-23(27)29)10-7-11-25-15(2)28)38-19(18)14-37-43(33,34)41-44(35,36)40-42(30,31)32/h4-6,8-9,13,18-20,22H,3,11-12,14H2,1-2H3,(H,25,28)(H,33,34)(H,35,36)(H2,24,26,29)(H2,30,31,32). The minimum atomic E-state index is -5.76. The van der Waals surface area contributed by atoms with Crippen molar-refractivity contribution in [3.8, 4) is 11.8 Å². The number of nitrogen functional groups attached to an aromatic ring is 1. The van der Waals surface area contributed by atoms with Gasteiger partial charge >= 0.3 is 29.2 Å². The normalized spacial score (nSPS) is 21.4. The van der Waals surface area contributed by atoms with Gasteiger partial charge in [0, 0.05) is 25.3 Å². The molecule has 6 atom stereocenters. The molecule has 2 heterocycles. The van der Waals surface area contributed by atoms with Gasteiger partial charge in [0.15, 0.2) is 0 Å². The predicted molar refractivity (Wildman–Crippen MR) is 167 cm³/mol. The summed E-state index contributed by atoms with van der Waals surface area (Å²) in [5, 5.41) is 2.49. The Balaban J connectivity index is 1.90. The van der Waals surface area contributed by atoms with Crippen molar-refractivity contribution in [3.05, 3.63) is 58.1 Å². The number of nitrogens with zero attached hydrogens (tertiary/aromatic N) is 2. The number of hydrogen-bond donors (Lipinski definition) is 6. The Labute approximate surface area is 270 Å². The topological polar surface area (TPSA) is 268 Å². The van der Waals surface area contributed by atoms with Crippen LogP contribution < -0.4 is 16.7 Å². The van der Waals surface area contributed by atoms with Crippen LogP contribution in [0.15, 0.2) is 41.3 Å². The summed E-state index contributed by atoms with van der Waals surface area (Å²) in [6.45, 7) is 2.44. The SMILES string of the molecule is CCSSC(OC1CC(n2cc(C#CCNC(C)=O)c(N)nc2=O)OC1COP(=O)(O)OP(=O)(O)OP(=O)(O)O)c1ccccc1. The Morgan fingerprint density at radius 3 is 2.52 bits per heavy atom. The molecule has 0 aliphatic carbocycles. The largest absolute Gasteiger partial charge is 0.490 e. The van der Waals surface area contributed by atoms with Crippen LogP contribution in [0.1, 0.15) is 43.1 Å². The molecule has 1 aromatic carbocycles. The maximum absolute atomic E-state index is 12.9. The van der Waals surface area contributed by atoms with E-state index in [1.165, 1.54) is 34.7 Å². The number of carbonyl (C=O) groups excluding carboxylic acids is 1. The molecule has 46 heavy (non-hydrogen) atoms. The number of hydrogen-bond acceptors (Lipinski definition) is 14. The molecule has 1 saturated heterocycles. The number of amides is 1. The quantitative estimate of drug-likeness (QED) is 0.0661. The summed E-state index contributed by atoms with van der Waals surface area (Å²) in [4.78, 5) is 64.8.